The van der Waals surface area contributed by atoms with Crippen LogP contribution < -0.4 is 5.56 Å². The van der Waals surface area contributed by atoms with Crippen molar-refractivity contribution in [1.29, 1.82) is 0 Å². The molecule has 1 atom stereocenters. The highest BCUT2D eigenvalue weighted by atomic mass is 16.5. The summed E-state index contributed by atoms with van der Waals surface area (Å²) in [6.45, 7) is 3.30. The van der Waals surface area contributed by atoms with Gasteiger partial charge < -0.3 is 19.3 Å². The fourth-order valence-electron chi connectivity index (χ4n) is 5.59. The van der Waals surface area contributed by atoms with E-state index in [1.54, 1.807) is 19.1 Å². The zero-order chi connectivity index (χ0) is 23.6. The molecule has 2 aliphatic rings. The molecule has 1 N–H and O–H groups in total. The van der Waals surface area contributed by atoms with Crippen molar-refractivity contribution >= 4 is 5.91 Å². The molecule has 0 spiro atoms. The van der Waals surface area contributed by atoms with Crippen LogP contribution in [0.5, 0.6) is 5.75 Å². The van der Waals surface area contributed by atoms with Crippen LogP contribution in [0.25, 0.3) is 0 Å². The van der Waals surface area contributed by atoms with Gasteiger partial charge in [0.05, 0.1) is 0 Å². The summed E-state index contributed by atoms with van der Waals surface area (Å²) < 4.78 is 7.01. The molecule has 0 bridgehead atoms. The lowest BCUT2D eigenvalue weighted by atomic mass is 9.75. The first-order valence-corrected chi connectivity index (χ1v) is 12.1. The number of aryl methyl sites for hydroxylation is 1. The van der Waals surface area contributed by atoms with Gasteiger partial charge in [-0.05, 0) is 43.2 Å². The van der Waals surface area contributed by atoms with Crippen molar-refractivity contribution in [3.8, 4) is 5.75 Å². The monoisotopic (exact) mass is 453 g/mol. The molecule has 7 nitrogen and oxygen atoms in total. The molecule has 1 saturated carbocycles. The molecule has 1 amide bonds. The first-order valence-electron chi connectivity index (χ1n) is 12.1. The number of methoxy groups -OCH3 is 1. The maximum absolute atomic E-state index is 13.2. The van der Waals surface area contributed by atoms with E-state index in [2.05, 4.69) is 36.2 Å². The number of aromatic nitrogens is 2. The SMILES string of the molecule is CCc1cccc(C2(Cc3nc(=O)c(O)c4n3C[C@@H](CCCOC)N(C)C4=O)CCCC2)c1. The molecular weight excluding hydrogens is 418 g/mol. The highest BCUT2D eigenvalue weighted by Gasteiger charge is 2.40. The minimum absolute atomic E-state index is 0.0365. The van der Waals surface area contributed by atoms with E-state index in [9.17, 15) is 14.7 Å². The van der Waals surface area contributed by atoms with Crippen LogP contribution in [0.1, 0.15) is 72.9 Å². The summed E-state index contributed by atoms with van der Waals surface area (Å²) in [5.74, 6) is -0.260. The topological polar surface area (TPSA) is 84.7 Å². The van der Waals surface area contributed by atoms with E-state index < -0.39 is 11.3 Å². The van der Waals surface area contributed by atoms with Gasteiger partial charge in [0.1, 0.15) is 5.82 Å². The van der Waals surface area contributed by atoms with E-state index in [4.69, 9.17) is 4.74 Å². The van der Waals surface area contributed by atoms with Gasteiger partial charge in [-0.25, -0.2) is 0 Å². The third kappa shape index (κ3) is 4.43. The molecule has 0 radical (unpaired) electrons. The van der Waals surface area contributed by atoms with Gasteiger partial charge in [0.25, 0.3) is 5.91 Å². The van der Waals surface area contributed by atoms with Crippen LogP contribution in [0.2, 0.25) is 0 Å². The van der Waals surface area contributed by atoms with Gasteiger partial charge in [-0.1, -0.05) is 44.0 Å². The van der Waals surface area contributed by atoms with Crippen molar-refractivity contribution in [2.24, 2.45) is 0 Å². The smallest absolute Gasteiger partial charge is 0.315 e. The van der Waals surface area contributed by atoms with Crippen molar-refractivity contribution in [3.05, 3.63) is 57.3 Å². The van der Waals surface area contributed by atoms with Crippen molar-refractivity contribution in [2.75, 3.05) is 20.8 Å². The number of likely N-dealkylation sites (N-methyl/N-ethyl adjacent to an activating group) is 1. The lowest BCUT2D eigenvalue weighted by molar-refractivity contribution is 0.0617. The summed E-state index contributed by atoms with van der Waals surface area (Å²) in [6.07, 6.45) is 7.49. The van der Waals surface area contributed by atoms with Gasteiger partial charge in [-0.2, -0.15) is 4.98 Å². The van der Waals surface area contributed by atoms with Crippen molar-refractivity contribution in [2.45, 2.75) is 76.3 Å². The number of hydrogen-bond donors (Lipinski definition) is 1. The number of carbonyl (C=O) groups is 1. The number of benzene rings is 1. The molecular formula is C26H35N3O4. The Hall–Kier alpha value is -2.67. The van der Waals surface area contributed by atoms with Gasteiger partial charge in [0, 0.05) is 45.2 Å². The largest absolute Gasteiger partial charge is 0.501 e. The van der Waals surface area contributed by atoms with Crippen LogP contribution in [-0.2, 0) is 29.5 Å². The second-order valence-electron chi connectivity index (χ2n) is 9.56. The molecule has 7 heteroatoms. The van der Waals surface area contributed by atoms with E-state index >= 15 is 0 Å². The van der Waals surface area contributed by atoms with Crippen molar-refractivity contribution in [3.63, 3.8) is 0 Å². The molecule has 1 aliphatic heterocycles. The average molecular weight is 454 g/mol. The summed E-state index contributed by atoms with van der Waals surface area (Å²) in [5.41, 5.74) is 1.83. The third-order valence-electron chi connectivity index (χ3n) is 7.59. The van der Waals surface area contributed by atoms with Gasteiger partial charge in [-0.15, -0.1) is 0 Å². The molecule has 0 saturated heterocycles. The summed E-state index contributed by atoms with van der Waals surface area (Å²) in [5, 5.41) is 10.5. The number of aromatic hydroxyl groups is 1. The zero-order valence-corrected chi connectivity index (χ0v) is 20.0. The second kappa shape index (κ2) is 9.67. The van der Waals surface area contributed by atoms with E-state index in [0.29, 0.717) is 25.4 Å². The first-order chi connectivity index (χ1) is 15.9. The fourth-order valence-corrected chi connectivity index (χ4v) is 5.59. The molecule has 1 aliphatic carbocycles. The van der Waals surface area contributed by atoms with Crippen LogP contribution in [0.3, 0.4) is 0 Å². The Bertz CT molecular complexity index is 1070. The number of amides is 1. The van der Waals surface area contributed by atoms with Crippen LogP contribution in [0.15, 0.2) is 29.1 Å². The fraction of sp³-hybridized carbons (Fsp3) is 0.577. The van der Waals surface area contributed by atoms with Crippen LogP contribution in [-0.4, -0.2) is 52.3 Å². The van der Waals surface area contributed by atoms with Crippen molar-refractivity contribution < 1.29 is 14.6 Å². The van der Waals surface area contributed by atoms with Gasteiger partial charge in [0.2, 0.25) is 5.75 Å². The molecule has 0 unspecified atom stereocenters. The standard InChI is InChI=1S/C26H35N3O4/c1-4-18-9-7-10-19(15-18)26(12-5-6-13-26)16-21-27-24(31)23(30)22-25(32)28(2)20(17-29(21)22)11-8-14-33-3/h7,9-10,15,20,30H,4-6,8,11-14,16-17H2,1-3H3/t20-/m1/s1. The zero-order valence-electron chi connectivity index (χ0n) is 20.0. The number of ether oxygens (including phenoxy) is 1. The van der Waals surface area contributed by atoms with Crippen LogP contribution >= 0.6 is 0 Å². The van der Waals surface area contributed by atoms with Gasteiger partial charge in [-0.3, -0.25) is 9.59 Å². The Morgan fingerprint density at radius 1 is 1.24 bits per heavy atom. The lowest BCUT2D eigenvalue weighted by Crippen LogP contribution is -2.48. The van der Waals surface area contributed by atoms with Crippen LogP contribution in [0, 0.1) is 0 Å². The predicted octanol–water partition coefficient (Wildman–Crippen LogP) is 3.45. The minimum Gasteiger partial charge on any atom is -0.501 e. The Labute approximate surface area is 195 Å². The third-order valence-corrected chi connectivity index (χ3v) is 7.59. The van der Waals surface area contributed by atoms with E-state index in [1.807, 2.05) is 4.57 Å². The maximum Gasteiger partial charge on any atom is 0.315 e. The van der Waals surface area contributed by atoms with Gasteiger partial charge >= 0.3 is 5.56 Å². The van der Waals surface area contributed by atoms with E-state index in [0.717, 1.165) is 44.9 Å². The Kier molecular flexibility index (Phi) is 6.88. The Morgan fingerprint density at radius 3 is 2.70 bits per heavy atom. The summed E-state index contributed by atoms with van der Waals surface area (Å²) in [4.78, 5) is 31.8. The molecule has 2 aromatic rings. The van der Waals surface area contributed by atoms with E-state index in [1.165, 1.54) is 11.1 Å². The summed E-state index contributed by atoms with van der Waals surface area (Å²) in [7, 11) is 3.41. The average Bonchev–Trinajstić information content (AvgIpc) is 3.30. The summed E-state index contributed by atoms with van der Waals surface area (Å²) in [6, 6.07) is 8.70. The molecule has 1 fully saturated rings. The molecule has 2 heterocycles. The highest BCUT2D eigenvalue weighted by Crippen LogP contribution is 2.44. The summed E-state index contributed by atoms with van der Waals surface area (Å²) >= 11 is 0. The lowest BCUT2D eigenvalue weighted by Gasteiger charge is -2.37. The highest BCUT2D eigenvalue weighted by molar-refractivity contribution is 5.95. The molecule has 1 aromatic carbocycles. The number of carbonyl (C=O) groups excluding carboxylic acids is 1. The number of fused-ring (bicyclic) bond motifs is 1. The predicted molar refractivity (Wildman–Crippen MR) is 127 cm³/mol. The molecule has 1 aromatic heterocycles. The minimum atomic E-state index is -0.716. The van der Waals surface area contributed by atoms with Crippen molar-refractivity contribution in [1.82, 2.24) is 14.5 Å². The number of nitrogens with zero attached hydrogens (tertiary/aromatic N) is 3. The normalized spacial score (nSPS) is 19.7. The molecule has 33 heavy (non-hydrogen) atoms. The number of rotatable bonds is 8. The van der Waals surface area contributed by atoms with E-state index in [-0.39, 0.29) is 23.1 Å². The van der Waals surface area contributed by atoms with Crippen LogP contribution in [0.4, 0.5) is 0 Å². The second-order valence-corrected chi connectivity index (χ2v) is 9.56. The number of hydrogen-bond acceptors (Lipinski definition) is 5. The quantitative estimate of drug-likeness (QED) is 0.619. The Morgan fingerprint density at radius 2 is 2.00 bits per heavy atom. The molecule has 4 rings (SSSR count). The first kappa shape index (κ1) is 23.5. The molecule has 178 valence electrons. The maximum atomic E-state index is 13.2. The Balaban J connectivity index is 1.76. The van der Waals surface area contributed by atoms with Gasteiger partial charge in [0.15, 0.2) is 5.69 Å².